The summed E-state index contributed by atoms with van der Waals surface area (Å²) >= 11 is 10.9. The number of hydrogen-bond donors (Lipinski definition) is 3. The number of carbonyl (C=O) groups excluding carboxylic acids is 2. The van der Waals surface area contributed by atoms with Crippen LogP contribution in [0.3, 0.4) is 0 Å². The van der Waals surface area contributed by atoms with Crippen LogP contribution in [0.2, 0.25) is 5.02 Å². The fourth-order valence-corrected chi connectivity index (χ4v) is 2.72. The number of amides is 2. The van der Waals surface area contributed by atoms with Crippen LogP contribution in [0.4, 0.5) is 0 Å². The molecule has 9 heteroatoms. The Kier molecular flexibility index (Phi) is 9.37. The van der Waals surface area contributed by atoms with Crippen molar-refractivity contribution in [2.45, 2.75) is 26.7 Å². The van der Waals surface area contributed by atoms with Crippen molar-refractivity contribution in [2.75, 3.05) is 13.2 Å². The minimum atomic E-state index is -0.465. The topological polar surface area (TPSA) is 88.7 Å². The van der Waals surface area contributed by atoms with Gasteiger partial charge in [0, 0.05) is 10.6 Å². The molecule has 0 saturated carbocycles. The average molecular weight is 450 g/mol. The van der Waals surface area contributed by atoms with Crippen LogP contribution in [0, 0.1) is 6.92 Å². The Morgan fingerprint density at radius 3 is 2.63 bits per heavy atom. The maximum Gasteiger partial charge on any atom is 0.276 e. The maximum absolute atomic E-state index is 12.3. The van der Waals surface area contributed by atoms with Gasteiger partial charge in [0.1, 0.15) is 11.5 Å². The molecule has 0 bridgehead atoms. The molecule has 0 aliphatic heterocycles. The van der Waals surface area contributed by atoms with Crippen LogP contribution in [-0.4, -0.2) is 30.1 Å². The maximum atomic E-state index is 12.3. The highest BCUT2D eigenvalue weighted by Crippen LogP contribution is 2.21. The molecular formula is C21H24ClN3O4S. The summed E-state index contributed by atoms with van der Waals surface area (Å²) in [5.74, 6) is 0.271. The first-order valence-corrected chi connectivity index (χ1v) is 10.2. The highest BCUT2D eigenvalue weighted by Gasteiger charge is 2.10. The molecule has 2 rings (SSSR count). The third-order valence-corrected chi connectivity index (χ3v) is 4.34. The van der Waals surface area contributed by atoms with Gasteiger partial charge in [-0.25, -0.2) is 0 Å². The summed E-state index contributed by atoms with van der Waals surface area (Å²) in [7, 11) is 0. The van der Waals surface area contributed by atoms with Gasteiger partial charge in [-0.15, -0.1) is 0 Å². The zero-order chi connectivity index (χ0) is 21.9. The number of nitrogens with one attached hydrogen (secondary N) is 3. The lowest BCUT2D eigenvalue weighted by Gasteiger charge is -2.13. The second-order valence-corrected chi connectivity index (χ2v) is 7.23. The molecule has 0 aliphatic carbocycles. The van der Waals surface area contributed by atoms with Gasteiger partial charge in [0.25, 0.3) is 11.8 Å². The fraction of sp³-hybridized carbons (Fsp3) is 0.286. The van der Waals surface area contributed by atoms with Gasteiger partial charge in [0.2, 0.25) is 0 Å². The first-order valence-electron chi connectivity index (χ1n) is 9.41. The molecule has 7 nitrogen and oxygen atoms in total. The molecule has 2 amide bonds. The van der Waals surface area contributed by atoms with Crippen molar-refractivity contribution < 1.29 is 19.1 Å². The van der Waals surface area contributed by atoms with Crippen molar-refractivity contribution in [3.05, 3.63) is 58.6 Å². The number of aryl methyl sites for hydroxylation is 1. The molecule has 0 spiro atoms. The summed E-state index contributed by atoms with van der Waals surface area (Å²) in [4.78, 5) is 24.2. The first-order chi connectivity index (χ1) is 14.4. The second-order valence-electron chi connectivity index (χ2n) is 6.38. The number of halogens is 1. The smallest absolute Gasteiger partial charge is 0.276 e. The summed E-state index contributed by atoms with van der Waals surface area (Å²) in [6.45, 7) is 4.25. The number of ether oxygens (including phenoxy) is 2. The lowest BCUT2D eigenvalue weighted by Crippen LogP contribution is -2.49. The molecule has 0 radical (unpaired) electrons. The van der Waals surface area contributed by atoms with E-state index in [1.54, 1.807) is 42.5 Å². The SMILES string of the molecule is CCCCOc1cccc(C(=O)NC(=S)NNC(=O)COc2ccc(Cl)cc2C)c1. The Morgan fingerprint density at radius 1 is 1.10 bits per heavy atom. The molecule has 0 aliphatic rings. The van der Waals surface area contributed by atoms with Crippen molar-refractivity contribution >= 4 is 40.7 Å². The normalized spacial score (nSPS) is 10.1. The van der Waals surface area contributed by atoms with E-state index >= 15 is 0 Å². The summed E-state index contributed by atoms with van der Waals surface area (Å²) in [6, 6.07) is 11.9. The van der Waals surface area contributed by atoms with Gasteiger partial charge >= 0.3 is 0 Å². The third kappa shape index (κ3) is 7.88. The van der Waals surface area contributed by atoms with Crippen LogP contribution in [-0.2, 0) is 4.79 Å². The molecule has 0 atom stereocenters. The van der Waals surface area contributed by atoms with Gasteiger partial charge in [-0.3, -0.25) is 25.8 Å². The lowest BCUT2D eigenvalue weighted by atomic mass is 10.2. The largest absolute Gasteiger partial charge is 0.494 e. The highest BCUT2D eigenvalue weighted by molar-refractivity contribution is 7.80. The van der Waals surface area contributed by atoms with Gasteiger partial charge in [0.05, 0.1) is 6.61 Å². The van der Waals surface area contributed by atoms with Crippen LogP contribution in [0.1, 0.15) is 35.7 Å². The Labute approximate surface area is 186 Å². The van der Waals surface area contributed by atoms with Crippen molar-refractivity contribution in [1.82, 2.24) is 16.2 Å². The minimum absolute atomic E-state index is 0.0478. The molecule has 0 unspecified atom stereocenters. The van der Waals surface area contributed by atoms with E-state index < -0.39 is 11.8 Å². The van der Waals surface area contributed by atoms with Gasteiger partial charge in [0.15, 0.2) is 11.7 Å². The van der Waals surface area contributed by atoms with E-state index in [0.29, 0.717) is 28.7 Å². The number of benzene rings is 2. The van der Waals surface area contributed by atoms with E-state index in [1.807, 2.05) is 6.92 Å². The van der Waals surface area contributed by atoms with Crippen LogP contribution >= 0.6 is 23.8 Å². The molecule has 0 saturated heterocycles. The molecule has 160 valence electrons. The Morgan fingerprint density at radius 2 is 1.90 bits per heavy atom. The van der Waals surface area contributed by atoms with Gasteiger partial charge in [-0.05, 0) is 67.5 Å². The number of carbonyl (C=O) groups is 2. The van der Waals surface area contributed by atoms with Crippen LogP contribution in [0.25, 0.3) is 0 Å². The summed E-state index contributed by atoms with van der Waals surface area (Å²) in [6.07, 6.45) is 1.96. The zero-order valence-electron chi connectivity index (χ0n) is 16.8. The van der Waals surface area contributed by atoms with Crippen molar-refractivity contribution in [2.24, 2.45) is 0 Å². The highest BCUT2D eigenvalue weighted by atomic mass is 35.5. The Hall–Kier alpha value is -2.84. The summed E-state index contributed by atoms with van der Waals surface area (Å²) in [5.41, 5.74) is 6.03. The number of rotatable bonds is 8. The Bertz CT molecular complexity index is 908. The van der Waals surface area contributed by atoms with E-state index in [-0.39, 0.29) is 11.7 Å². The van der Waals surface area contributed by atoms with Gasteiger partial charge in [-0.2, -0.15) is 0 Å². The molecular weight excluding hydrogens is 426 g/mol. The molecule has 2 aromatic rings. The molecule has 3 N–H and O–H groups in total. The molecule has 0 aromatic heterocycles. The predicted octanol–water partition coefficient (Wildman–Crippen LogP) is 3.54. The first kappa shape index (κ1) is 23.4. The Balaban J connectivity index is 1.76. The quantitative estimate of drug-likeness (QED) is 0.324. The van der Waals surface area contributed by atoms with Gasteiger partial charge in [-0.1, -0.05) is 31.0 Å². The van der Waals surface area contributed by atoms with E-state index in [9.17, 15) is 9.59 Å². The van der Waals surface area contributed by atoms with Crippen molar-refractivity contribution in [1.29, 1.82) is 0 Å². The van der Waals surface area contributed by atoms with Crippen LogP contribution in [0.5, 0.6) is 11.5 Å². The number of unbranched alkanes of at least 4 members (excludes halogenated alkanes) is 1. The fourth-order valence-electron chi connectivity index (χ4n) is 2.35. The van der Waals surface area contributed by atoms with E-state index in [1.165, 1.54) is 0 Å². The van der Waals surface area contributed by atoms with Crippen molar-refractivity contribution in [3.63, 3.8) is 0 Å². The minimum Gasteiger partial charge on any atom is -0.494 e. The monoisotopic (exact) mass is 449 g/mol. The average Bonchev–Trinajstić information content (AvgIpc) is 2.72. The summed E-state index contributed by atoms with van der Waals surface area (Å²) < 4.78 is 11.0. The third-order valence-electron chi connectivity index (χ3n) is 3.90. The lowest BCUT2D eigenvalue weighted by molar-refractivity contribution is -0.123. The molecule has 2 aromatic carbocycles. The van der Waals surface area contributed by atoms with Crippen LogP contribution in [0.15, 0.2) is 42.5 Å². The second kappa shape index (κ2) is 12.0. The number of thiocarbonyl (C=S) groups is 1. The standard InChI is InChI=1S/C21H24ClN3O4S/c1-3-4-10-28-17-7-5-6-15(12-17)20(27)23-21(30)25-24-19(26)13-29-18-9-8-16(22)11-14(18)2/h5-9,11-12H,3-4,10,13H2,1-2H3,(H,24,26)(H2,23,25,27,30). The predicted molar refractivity (Wildman–Crippen MR) is 120 cm³/mol. The summed E-state index contributed by atoms with van der Waals surface area (Å²) in [5, 5.41) is 3.03. The number of hydrazine groups is 1. The number of hydrogen-bond acceptors (Lipinski definition) is 5. The van der Waals surface area contributed by atoms with Crippen LogP contribution < -0.4 is 25.6 Å². The molecule has 0 fully saturated rings. The van der Waals surface area contributed by atoms with E-state index in [4.69, 9.17) is 33.3 Å². The molecule has 0 heterocycles. The molecule has 30 heavy (non-hydrogen) atoms. The zero-order valence-corrected chi connectivity index (χ0v) is 18.4. The van der Waals surface area contributed by atoms with E-state index in [0.717, 1.165) is 18.4 Å². The van der Waals surface area contributed by atoms with Crippen molar-refractivity contribution in [3.8, 4) is 11.5 Å². The van der Waals surface area contributed by atoms with E-state index in [2.05, 4.69) is 23.1 Å². The van der Waals surface area contributed by atoms with Gasteiger partial charge < -0.3 is 9.47 Å².